The number of alkyl halides is 1. The first-order valence-electron chi connectivity index (χ1n) is 4.12. The summed E-state index contributed by atoms with van der Waals surface area (Å²) in [5.74, 6) is -12.2. The lowest BCUT2D eigenvalue weighted by atomic mass is 10.2. The third-order valence-corrected chi connectivity index (χ3v) is 2.01. The van der Waals surface area contributed by atoms with Crippen LogP contribution in [0.2, 0.25) is 0 Å². The summed E-state index contributed by atoms with van der Waals surface area (Å²) in [4.78, 5) is 10.6. The Balaban J connectivity index is 3.12. The second kappa shape index (κ2) is 5.31. The van der Waals surface area contributed by atoms with Crippen molar-refractivity contribution in [3.05, 3.63) is 34.6 Å². The Morgan fingerprint density at radius 3 is 1.76 bits per heavy atom. The zero-order valence-corrected chi connectivity index (χ0v) is 8.75. The molecule has 0 unspecified atom stereocenters. The Bertz CT molecular complexity index is 434. The minimum atomic E-state index is -2.27. The number of ether oxygens (including phenoxy) is 1. The van der Waals surface area contributed by atoms with E-state index in [1.165, 1.54) is 0 Å². The summed E-state index contributed by atoms with van der Waals surface area (Å²) in [5, 5.41) is 0. The third kappa shape index (κ3) is 2.66. The van der Waals surface area contributed by atoms with Gasteiger partial charge >= 0.3 is 5.97 Å². The van der Waals surface area contributed by atoms with Crippen molar-refractivity contribution in [2.45, 2.75) is 6.61 Å². The average Bonchev–Trinajstić information content (AvgIpc) is 2.33. The predicted octanol–water partition coefficient (Wildman–Crippen LogP) is 2.66. The smallest absolute Gasteiger partial charge is 0.321 e. The Morgan fingerprint density at radius 2 is 1.35 bits per heavy atom. The van der Waals surface area contributed by atoms with Gasteiger partial charge in [-0.2, -0.15) is 0 Å². The number of rotatable bonds is 3. The molecule has 1 aromatic rings. The van der Waals surface area contributed by atoms with E-state index in [4.69, 9.17) is 11.6 Å². The molecule has 0 spiro atoms. The average molecular weight is 275 g/mol. The quantitative estimate of drug-likeness (QED) is 0.278. The molecule has 0 saturated carbocycles. The monoisotopic (exact) mass is 274 g/mol. The zero-order chi connectivity index (χ0) is 13.2. The second-order valence-corrected chi connectivity index (χ2v) is 3.11. The van der Waals surface area contributed by atoms with Gasteiger partial charge in [0.1, 0.15) is 12.5 Å². The molecule has 0 aromatic heterocycles. The molecule has 2 nitrogen and oxygen atoms in total. The van der Waals surface area contributed by atoms with Crippen molar-refractivity contribution >= 4 is 17.6 Å². The molecule has 0 aliphatic rings. The zero-order valence-electron chi connectivity index (χ0n) is 8.00. The molecule has 94 valence electrons. The summed E-state index contributed by atoms with van der Waals surface area (Å²) in [5.41, 5.74) is -1.22. The van der Waals surface area contributed by atoms with Crippen molar-refractivity contribution < 1.29 is 31.5 Å². The highest BCUT2D eigenvalue weighted by Crippen LogP contribution is 2.23. The molecule has 0 amide bonds. The molecule has 0 atom stereocenters. The van der Waals surface area contributed by atoms with Gasteiger partial charge in [-0.3, -0.25) is 4.79 Å². The lowest BCUT2D eigenvalue weighted by Crippen LogP contribution is -2.12. The van der Waals surface area contributed by atoms with Crippen LogP contribution in [0.25, 0.3) is 0 Å². The van der Waals surface area contributed by atoms with Crippen LogP contribution in [0.15, 0.2) is 0 Å². The highest BCUT2D eigenvalue weighted by atomic mass is 35.5. The highest BCUT2D eigenvalue weighted by molar-refractivity contribution is 6.26. The maximum Gasteiger partial charge on any atom is 0.321 e. The van der Waals surface area contributed by atoms with E-state index in [-0.39, 0.29) is 0 Å². The molecule has 17 heavy (non-hydrogen) atoms. The minimum Gasteiger partial charge on any atom is -0.460 e. The van der Waals surface area contributed by atoms with Crippen LogP contribution < -0.4 is 0 Å². The van der Waals surface area contributed by atoms with Crippen LogP contribution >= 0.6 is 11.6 Å². The molecule has 1 rings (SSSR count). The van der Waals surface area contributed by atoms with Crippen molar-refractivity contribution in [1.29, 1.82) is 0 Å². The van der Waals surface area contributed by atoms with E-state index in [1.807, 2.05) is 0 Å². The van der Waals surface area contributed by atoms with E-state index in [1.54, 1.807) is 0 Å². The van der Waals surface area contributed by atoms with Crippen LogP contribution in [0.3, 0.4) is 0 Å². The first-order valence-corrected chi connectivity index (χ1v) is 4.65. The first-order chi connectivity index (χ1) is 7.90. The van der Waals surface area contributed by atoms with Crippen molar-refractivity contribution in [2.75, 3.05) is 5.88 Å². The Morgan fingerprint density at radius 1 is 0.941 bits per heavy atom. The van der Waals surface area contributed by atoms with Crippen molar-refractivity contribution in [2.24, 2.45) is 0 Å². The van der Waals surface area contributed by atoms with Crippen LogP contribution in [-0.2, 0) is 16.1 Å². The normalized spacial score (nSPS) is 10.5. The highest BCUT2D eigenvalue weighted by Gasteiger charge is 2.26. The number of hydrogen-bond donors (Lipinski definition) is 0. The summed E-state index contributed by atoms with van der Waals surface area (Å²) in [6, 6.07) is 0. The van der Waals surface area contributed by atoms with E-state index in [0.29, 0.717) is 0 Å². The lowest BCUT2D eigenvalue weighted by molar-refractivity contribution is -0.142. The van der Waals surface area contributed by atoms with Gasteiger partial charge in [0.2, 0.25) is 5.82 Å². The van der Waals surface area contributed by atoms with Crippen molar-refractivity contribution in [1.82, 2.24) is 0 Å². The van der Waals surface area contributed by atoms with Crippen LogP contribution in [0.5, 0.6) is 0 Å². The molecule has 0 saturated heterocycles. The van der Waals surface area contributed by atoms with Gasteiger partial charge in [-0.05, 0) is 0 Å². The maximum absolute atomic E-state index is 13.0. The van der Waals surface area contributed by atoms with Gasteiger partial charge in [0.05, 0.1) is 5.56 Å². The fourth-order valence-corrected chi connectivity index (χ4v) is 1.05. The Kier molecular flexibility index (Phi) is 4.28. The fraction of sp³-hybridized carbons (Fsp3) is 0.222. The second-order valence-electron chi connectivity index (χ2n) is 2.84. The molecule has 8 heteroatoms. The summed E-state index contributed by atoms with van der Waals surface area (Å²) >= 11 is 5.02. The van der Waals surface area contributed by atoms with Crippen LogP contribution in [0.4, 0.5) is 22.0 Å². The summed E-state index contributed by atoms with van der Waals surface area (Å²) in [7, 11) is 0. The maximum atomic E-state index is 13.0. The van der Waals surface area contributed by atoms with E-state index >= 15 is 0 Å². The van der Waals surface area contributed by atoms with Crippen molar-refractivity contribution in [3.8, 4) is 0 Å². The lowest BCUT2D eigenvalue weighted by Gasteiger charge is -2.08. The molecule has 0 aliphatic carbocycles. The number of carbonyl (C=O) groups excluding carboxylic acids is 1. The van der Waals surface area contributed by atoms with Crippen LogP contribution in [-0.4, -0.2) is 11.8 Å². The molecule has 1 aromatic carbocycles. The molecular weight excluding hydrogens is 271 g/mol. The van der Waals surface area contributed by atoms with Gasteiger partial charge in [-0.15, -0.1) is 11.6 Å². The van der Waals surface area contributed by atoms with E-state index < -0.39 is 53.1 Å². The number of esters is 1. The van der Waals surface area contributed by atoms with Gasteiger partial charge in [0.15, 0.2) is 23.3 Å². The predicted molar refractivity (Wildman–Crippen MR) is 46.7 cm³/mol. The molecule has 0 heterocycles. The van der Waals surface area contributed by atoms with E-state index in [0.717, 1.165) is 0 Å². The Labute approximate surface area is 96.9 Å². The number of hydrogen-bond acceptors (Lipinski definition) is 2. The fourth-order valence-electron chi connectivity index (χ4n) is 0.968. The van der Waals surface area contributed by atoms with E-state index in [2.05, 4.69) is 4.74 Å². The number of benzene rings is 1. The molecule has 0 fully saturated rings. The topological polar surface area (TPSA) is 26.3 Å². The minimum absolute atomic E-state index is 0.602. The summed E-state index contributed by atoms with van der Waals surface area (Å²) < 4.78 is 68.2. The largest absolute Gasteiger partial charge is 0.460 e. The van der Waals surface area contributed by atoms with Gasteiger partial charge in [0, 0.05) is 0 Å². The molecule has 0 aliphatic heterocycles. The van der Waals surface area contributed by atoms with Crippen LogP contribution in [0.1, 0.15) is 5.56 Å². The molecule has 0 bridgehead atoms. The van der Waals surface area contributed by atoms with E-state index in [9.17, 15) is 26.7 Å². The standard InChI is InChI=1S/C9H4ClF5O2/c10-1-4(16)17-2-3-5(11)7(13)9(15)8(14)6(3)12/h1-2H2. The van der Waals surface area contributed by atoms with Gasteiger partial charge in [0.25, 0.3) is 0 Å². The molecule has 0 radical (unpaired) electrons. The Hall–Kier alpha value is -1.37. The summed E-state index contributed by atoms with van der Waals surface area (Å²) in [6.07, 6.45) is 0. The van der Waals surface area contributed by atoms with Gasteiger partial charge in [-0.25, -0.2) is 22.0 Å². The summed E-state index contributed by atoms with van der Waals surface area (Å²) in [6.45, 7) is -1.09. The molecular formula is C9H4ClF5O2. The van der Waals surface area contributed by atoms with Gasteiger partial charge in [-0.1, -0.05) is 0 Å². The number of halogens is 6. The van der Waals surface area contributed by atoms with Crippen molar-refractivity contribution in [3.63, 3.8) is 0 Å². The molecule has 0 N–H and O–H groups in total. The SMILES string of the molecule is O=C(CCl)OCc1c(F)c(F)c(F)c(F)c1F. The van der Waals surface area contributed by atoms with Gasteiger partial charge < -0.3 is 4.74 Å². The van der Waals surface area contributed by atoms with Crippen LogP contribution in [0, 0.1) is 29.1 Å². The number of carbonyl (C=O) groups is 1. The first kappa shape index (κ1) is 13.7. The third-order valence-electron chi connectivity index (χ3n) is 1.79.